The number of hydrogen-bond acceptors (Lipinski definition) is 5. The first-order valence-electron chi connectivity index (χ1n) is 6.42. The minimum Gasteiger partial charge on any atom is -0.423 e. The van der Waals surface area contributed by atoms with Crippen LogP contribution in [0.25, 0.3) is 11.5 Å². The Labute approximate surface area is 116 Å². The highest BCUT2D eigenvalue weighted by molar-refractivity contribution is 5.94. The van der Waals surface area contributed by atoms with E-state index < -0.39 is 6.10 Å². The summed E-state index contributed by atoms with van der Waals surface area (Å²) < 4.78 is 5.08. The fourth-order valence-corrected chi connectivity index (χ4v) is 1.94. The summed E-state index contributed by atoms with van der Waals surface area (Å²) in [5.74, 6) is 0.245. The standard InChI is InChI=1S/C14H17N3O3/c1-9(7-10(2)18)16-13(19)11-3-5-12(6-4-11)14-17-15-8-20-14/h3-6,8-10,18H,7H2,1-2H3,(H,16,19). The van der Waals surface area contributed by atoms with Gasteiger partial charge in [-0.2, -0.15) is 0 Å². The lowest BCUT2D eigenvalue weighted by molar-refractivity contribution is 0.0923. The Bertz CT molecular complexity index is 550. The number of nitrogens with zero attached hydrogens (tertiary/aromatic N) is 2. The van der Waals surface area contributed by atoms with Gasteiger partial charge in [0, 0.05) is 17.2 Å². The lowest BCUT2D eigenvalue weighted by Gasteiger charge is -2.15. The number of amides is 1. The number of aliphatic hydroxyl groups excluding tert-OH is 1. The van der Waals surface area contributed by atoms with Crippen molar-refractivity contribution in [1.82, 2.24) is 15.5 Å². The Morgan fingerprint density at radius 3 is 2.60 bits per heavy atom. The van der Waals surface area contributed by atoms with Crippen LogP contribution < -0.4 is 5.32 Å². The van der Waals surface area contributed by atoms with Gasteiger partial charge >= 0.3 is 0 Å². The van der Waals surface area contributed by atoms with Crippen molar-refractivity contribution < 1.29 is 14.3 Å². The van der Waals surface area contributed by atoms with Gasteiger partial charge in [0.1, 0.15) is 0 Å². The number of rotatable bonds is 5. The number of aliphatic hydroxyl groups is 1. The molecular formula is C14H17N3O3. The SMILES string of the molecule is CC(O)CC(C)NC(=O)c1ccc(-c2nnco2)cc1. The molecule has 0 bridgehead atoms. The van der Waals surface area contributed by atoms with Crippen molar-refractivity contribution >= 4 is 5.91 Å². The minimum absolute atomic E-state index is 0.0851. The highest BCUT2D eigenvalue weighted by Gasteiger charge is 2.12. The lowest BCUT2D eigenvalue weighted by atomic mass is 10.1. The van der Waals surface area contributed by atoms with Crippen LogP contribution in [0.2, 0.25) is 0 Å². The van der Waals surface area contributed by atoms with E-state index in [1.54, 1.807) is 31.2 Å². The molecule has 1 amide bonds. The van der Waals surface area contributed by atoms with Crippen LogP contribution in [0.4, 0.5) is 0 Å². The van der Waals surface area contributed by atoms with Crippen molar-refractivity contribution in [2.24, 2.45) is 0 Å². The van der Waals surface area contributed by atoms with E-state index in [0.29, 0.717) is 17.9 Å². The third kappa shape index (κ3) is 3.64. The lowest BCUT2D eigenvalue weighted by Crippen LogP contribution is -2.34. The molecule has 0 fully saturated rings. The molecule has 6 heteroatoms. The molecule has 0 saturated heterocycles. The highest BCUT2D eigenvalue weighted by Crippen LogP contribution is 2.16. The third-order valence-corrected chi connectivity index (χ3v) is 2.83. The minimum atomic E-state index is -0.440. The van der Waals surface area contributed by atoms with Crippen molar-refractivity contribution in [3.8, 4) is 11.5 Å². The van der Waals surface area contributed by atoms with Gasteiger partial charge in [-0.25, -0.2) is 0 Å². The van der Waals surface area contributed by atoms with Gasteiger partial charge in [-0.05, 0) is 44.5 Å². The summed E-state index contributed by atoms with van der Waals surface area (Å²) in [5.41, 5.74) is 1.31. The fourth-order valence-electron chi connectivity index (χ4n) is 1.94. The monoisotopic (exact) mass is 275 g/mol. The molecule has 0 radical (unpaired) electrons. The number of carbonyl (C=O) groups is 1. The largest absolute Gasteiger partial charge is 0.423 e. The van der Waals surface area contributed by atoms with Crippen molar-refractivity contribution in [3.63, 3.8) is 0 Å². The summed E-state index contributed by atoms with van der Waals surface area (Å²) in [4.78, 5) is 12.0. The summed E-state index contributed by atoms with van der Waals surface area (Å²) in [6, 6.07) is 6.82. The molecule has 0 aliphatic carbocycles. The molecule has 1 heterocycles. The number of benzene rings is 1. The fraction of sp³-hybridized carbons (Fsp3) is 0.357. The molecule has 2 N–H and O–H groups in total. The average molecular weight is 275 g/mol. The third-order valence-electron chi connectivity index (χ3n) is 2.83. The summed E-state index contributed by atoms with van der Waals surface area (Å²) in [7, 11) is 0. The molecular weight excluding hydrogens is 258 g/mol. The average Bonchev–Trinajstić information content (AvgIpc) is 2.91. The van der Waals surface area contributed by atoms with Crippen LogP contribution in [-0.4, -0.2) is 33.4 Å². The summed E-state index contributed by atoms with van der Waals surface area (Å²) >= 11 is 0. The number of carbonyl (C=O) groups excluding carboxylic acids is 1. The molecule has 2 unspecified atom stereocenters. The molecule has 20 heavy (non-hydrogen) atoms. The van der Waals surface area contributed by atoms with E-state index >= 15 is 0 Å². The van der Waals surface area contributed by atoms with Crippen LogP contribution in [-0.2, 0) is 0 Å². The molecule has 1 aromatic carbocycles. The van der Waals surface area contributed by atoms with Crippen LogP contribution in [0.3, 0.4) is 0 Å². The Hall–Kier alpha value is -2.21. The second-order valence-electron chi connectivity index (χ2n) is 4.78. The Morgan fingerprint density at radius 2 is 2.05 bits per heavy atom. The predicted molar refractivity (Wildman–Crippen MR) is 73.0 cm³/mol. The van der Waals surface area contributed by atoms with Gasteiger partial charge in [-0.3, -0.25) is 4.79 Å². The van der Waals surface area contributed by atoms with Gasteiger partial charge < -0.3 is 14.8 Å². The summed E-state index contributed by atoms with van der Waals surface area (Å²) in [6.07, 6.45) is 1.34. The molecule has 0 spiro atoms. The number of hydrogen-bond donors (Lipinski definition) is 2. The normalized spacial score (nSPS) is 13.8. The van der Waals surface area contributed by atoms with E-state index in [2.05, 4.69) is 15.5 Å². The topological polar surface area (TPSA) is 88.2 Å². The van der Waals surface area contributed by atoms with Crippen molar-refractivity contribution in [1.29, 1.82) is 0 Å². The first kappa shape index (κ1) is 14.2. The summed E-state index contributed by atoms with van der Waals surface area (Å²) in [6.45, 7) is 3.55. The maximum absolute atomic E-state index is 12.0. The van der Waals surface area contributed by atoms with Gasteiger partial charge in [-0.15, -0.1) is 10.2 Å². The Kier molecular flexibility index (Phi) is 4.47. The van der Waals surface area contributed by atoms with Crippen LogP contribution in [0.5, 0.6) is 0 Å². The Balaban J connectivity index is 2.01. The Morgan fingerprint density at radius 1 is 1.35 bits per heavy atom. The molecule has 0 saturated carbocycles. The second kappa shape index (κ2) is 6.29. The van der Waals surface area contributed by atoms with Gasteiger partial charge in [0.25, 0.3) is 5.91 Å². The van der Waals surface area contributed by atoms with E-state index in [1.165, 1.54) is 6.39 Å². The van der Waals surface area contributed by atoms with Crippen LogP contribution >= 0.6 is 0 Å². The van der Waals surface area contributed by atoms with E-state index in [4.69, 9.17) is 4.42 Å². The van der Waals surface area contributed by atoms with Gasteiger partial charge in [0.15, 0.2) is 0 Å². The van der Waals surface area contributed by atoms with E-state index in [9.17, 15) is 9.90 Å². The molecule has 2 aromatic rings. The second-order valence-corrected chi connectivity index (χ2v) is 4.78. The molecule has 2 atom stereocenters. The zero-order chi connectivity index (χ0) is 14.5. The van der Waals surface area contributed by atoms with Gasteiger partial charge in [0.05, 0.1) is 6.10 Å². The van der Waals surface area contributed by atoms with Gasteiger partial charge in [0.2, 0.25) is 12.3 Å². The molecule has 106 valence electrons. The van der Waals surface area contributed by atoms with Crippen LogP contribution in [0, 0.1) is 0 Å². The smallest absolute Gasteiger partial charge is 0.251 e. The van der Waals surface area contributed by atoms with Crippen molar-refractivity contribution in [3.05, 3.63) is 36.2 Å². The van der Waals surface area contributed by atoms with E-state index in [1.807, 2.05) is 6.92 Å². The molecule has 6 nitrogen and oxygen atoms in total. The van der Waals surface area contributed by atoms with Gasteiger partial charge in [-0.1, -0.05) is 0 Å². The van der Waals surface area contributed by atoms with Crippen LogP contribution in [0.1, 0.15) is 30.6 Å². The quantitative estimate of drug-likeness (QED) is 0.865. The van der Waals surface area contributed by atoms with E-state index in [0.717, 1.165) is 5.56 Å². The summed E-state index contributed by atoms with van der Waals surface area (Å²) in [5, 5.41) is 19.5. The maximum Gasteiger partial charge on any atom is 0.251 e. The zero-order valence-corrected chi connectivity index (χ0v) is 11.4. The first-order valence-corrected chi connectivity index (χ1v) is 6.42. The number of nitrogens with one attached hydrogen (secondary N) is 1. The van der Waals surface area contributed by atoms with Crippen LogP contribution in [0.15, 0.2) is 35.1 Å². The molecule has 0 aliphatic heterocycles. The highest BCUT2D eigenvalue weighted by atomic mass is 16.4. The van der Waals surface area contributed by atoms with Crippen molar-refractivity contribution in [2.75, 3.05) is 0 Å². The molecule has 0 aliphatic rings. The predicted octanol–water partition coefficient (Wildman–Crippen LogP) is 1.63. The van der Waals surface area contributed by atoms with Crippen molar-refractivity contribution in [2.45, 2.75) is 32.4 Å². The number of aromatic nitrogens is 2. The molecule has 2 rings (SSSR count). The first-order chi connectivity index (χ1) is 9.56. The zero-order valence-electron chi connectivity index (χ0n) is 11.4. The van der Waals surface area contributed by atoms with E-state index in [-0.39, 0.29) is 11.9 Å². The molecule has 1 aromatic heterocycles. The maximum atomic E-state index is 12.0.